The number of hydrazone groups is 1. The summed E-state index contributed by atoms with van der Waals surface area (Å²) in [7, 11) is 0. The summed E-state index contributed by atoms with van der Waals surface area (Å²) in [6.07, 6.45) is 3.45. The normalized spacial score (nSPS) is 14.9. The predicted molar refractivity (Wildman–Crippen MR) is 95.3 cm³/mol. The zero-order chi connectivity index (χ0) is 16.8. The third kappa shape index (κ3) is 4.10. The Bertz CT molecular complexity index is 708. The van der Waals surface area contributed by atoms with Crippen LogP contribution in [-0.4, -0.2) is 48.3 Å². The number of amides is 2. The number of benzene rings is 1. The fraction of sp³-hybridized carbons (Fsp3) is 0.278. The van der Waals surface area contributed by atoms with E-state index in [1.54, 1.807) is 17.3 Å². The minimum absolute atomic E-state index is 0.167. The number of aryl methyl sites for hydroxylation is 1. The van der Waals surface area contributed by atoms with E-state index in [-0.39, 0.29) is 6.03 Å². The first-order valence-corrected chi connectivity index (χ1v) is 8.03. The Kier molecular flexibility index (Phi) is 5.05. The van der Waals surface area contributed by atoms with E-state index in [1.165, 1.54) is 0 Å². The first-order valence-electron chi connectivity index (χ1n) is 8.03. The third-order valence-electron chi connectivity index (χ3n) is 3.96. The Hall–Kier alpha value is -2.89. The summed E-state index contributed by atoms with van der Waals surface area (Å²) in [5.41, 5.74) is 4.73. The van der Waals surface area contributed by atoms with Crippen LogP contribution in [0.25, 0.3) is 0 Å². The highest BCUT2D eigenvalue weighted by atomic mass is 16.2. The van der Waals surface area contributed by atoms with E-state index in [0.717, 1.165) is 30.0 Å². The molecule has 124 valence electrons. The number of nitrogens with zero attached hydrogens (tertiary/aromatic N) is 4. The van der Waals surface area contributed by atoms with Crippen LogP contribution in [0.4, 0.5) is 10.6 Å². The maximum atomic E-state index is 12.2. The third-order valence-corrected chi connectivity index (χ3v) is 3.96. The lowest BCUT2D eigenvalue weighted by molar-refractivity contribution is 0.195. The molecule has 2 amide bonds. The number of urea groups is 1. The largest absolute Gasteiger partial charge is 0.353 e. The summed E-state index contributed by atoms with van der Waals surface area (Å²) in [5.74, 6) is 0.954. The van der Waals surface area contributed by atoms with E-state index in [0.29, 0.717) is 13.1 Å². The molecular weight excluding hydrogens is 302 g/mol. The van der Waals surface area contributed by atoms with Crippen LogP contribution in [0.15, 0.2) is 53.8 Å². The first kappa shape index (κ1) is 16.0. The van der Waals surface area contributed by atoms with Crippen molar-refractivity contribution in [2.24, 2.45) is 5.10 Å². The number of carbonyl (C=O) groups excluding carboxylic acids is 1. The Labute approximate surface area is 141 Å². The fourth-order valence-corrected chi connectivity index (χ4v) is 2.66. The molecule has 6 nitrogen and oxygen atoms in total. The minimum atomic E-state index is -0.167. The Morgan fingerprint density at radius 1 is 1.17 bits per heavy atom. The Balaban J connectivity index is 1.49. The van der Waals surface area contributed by atoms with Gasteiger partial charge >= 0.3 is 6.03 Å². The van der Waals surface area contributed by atoms with Crippen molar-refractivity contribution in [2.75, 3.05) is 31.1 Å². The average Bonchev–Trinajstić information content (AvgIpc) is 2.63. The van der Waals surface area contributed by atoms with E-state index in [1.807, 2.05) is 49.4 Å². The van der Waals surface area contributed by atoms with Gasteiger partial charge in [0.25, 0.3) is 0 Å². The lowest BCUT2D eigenvalue weighted by atomic mass is 10.2. The molecule has 0 spiro atoms. The van der Waals surface area contributed by atoms with Gasteiger partial charge in [0.15, 0.2) is 0 Å². The van der Waals surface area contributed by atoms with Crippen molar-refractivity contribution < 1.29 is 4.79 Å². The summed E-state index contributed by atoms with van der Waals surface area (Å²) in [6.45, 7) is 4.87. The SMILES string of the molecule is Cc1cccc(/C=N/NC(=O)N2CCN(c3ccccn3)CC2)c1. The molecule has 24 heavy (non-hydrogen) atoms. The highest BCUT2D eigenvalue weighted by Crippen LogP contribution is 2.12. The van der Waals surface area contributed by atoms with E-state index in [9.17, 15) is 4.79 Å². The molecule has 0 radical (unpaired) electrons. The van der Waals surface area contributed by atoms with Gasteiger partial charge in [0, 0.05) is 32.4 Å². The fourth-order valence-electron chi connectivity index (χ4n) is 2.66. The number of rotatable bonds is 3. The molecule has 2 aromatic rings. The molecule has 1 aromatic heterocycles. The highest BCUT2D eigenvalue weighted by Gasteiger charge is 2.21. The van der Waals surface area contributed by atoms with Crippen LogP contribution in [0.3, 0.4) is 0 Å². The molecule has 1 fully saturated rings. The van der Waals surface area contributed by atoms with Gasteiger partial charge in [-0.25, -0.2) is 15.2 Å². The maximum absolute atomic E-state index is 12.2. The molecule has 2 heterocycles. The molecule has 3 rings (SSSR count). The van der Waals surface area contributed by atoms with Crippen LogP contribution in [0.5, 0.6) is 0 Å². The molecule has 1 aliphatic rings. The molecule has 0 saturated carbocycles. The lowest BCUT2D eigenvalue weighted by Gasteiger charge is -2.34. The van der Waals surface area contributed by atoms with Gasteiger partial charge in [0.05, 0.1) is 6.21 Å². The number of nitrogens with one attached hydrogen (secondary N) is 1. The van der Waals surface area contributed by atoms with Crippen LogP contribution in [0.1, 0.15) is 11.1 Å². The van der Waals surface area contributed by atoms with Gasteiger partial charge in [-0.3, -0.25) is 0 Å². The van der Waals surface area contributed by atoms with Gasteiger partial charge in [-0.15, -0.1) is 0 Å². The van der Waals surface area contributed by atoms with Crippen LogP contribution < -0.4 is 10.3 Å². The van der Waals surface area contributed by atoms with Crippen LogP contribution >= 0.6 is 0 Å². The molecule has 1 aliphatic heterocycles. The number of carbonyl (C=O) groups is 1. The molecule has 1 saturated heterocycles. The van der Waals surface area contributed by atoms with Crippen LogP contribution in [-0.2, 0) is 0 Å². The van der Waals surface area contributed by atoms with Gasteiger partial charge < -0.3 is 9.80 Å². The zero-order valence-corrected chi connectivity index (χ0v) is 13.7. The summed E-state index contributed by atoms with van der Waals surface area (Å²) in [5, 5.41) is 4.04. The highest BCUT2D eigenvalue weighted by molar-refractivity contribution is 5.82. The average molecular weight is 323 g/mol. The van der Waals surface area contributed by atoms with Gasteiger partial charge in [-0.05, 0) is 24.6 Å². The standard InChI is InChI=1S/C18H21N5O/c1-15-5-4-6-16(13-15)14-20-21-18(24)23-11-9-22(10-12-23)17-7-2-3-8-19-17/h2-8,13-14H,9-12H2,1H3,(H,21,24)/b20-14+. The number of piperazine rings is 1. The number of anilines is 1. The van der Waals surface area contributed by atoms with Crippen molar-refractivity contribution in [3.05, 3.63) is 59.8 Å². The molecule has 0 atom stereocenters. The van der Waals surface area contributed by atoms with Crippen molar-refractivity contribution in [3.63, 3.8) is 0 Å². The van der Waals surface area contributed by atoms with E-state index in [4.69, 9.17) is 0 Å². The van der Waals surface area contributed by atoms with Crippen molar-refractivity contribution in [1.29, 1.82) is 0 Å². The smallest absolute Gasteiger partial charge is 0.337 e. The first-order chi connectivity index (χ1) is 11.7. The monoisotopic (exact) mass is 323 g/mol. The van der Waals surface area contributed by atoms with Gasteiger partial charge in [0.2, 0.25) is 0 Å². The van der Waals surface area contributed by atoms with Crippen LogP contribution in [0, 0.1) is 6.92 Å². The van der Waals surface area contributed by atoms with Gasteiger partial charge in [-0.2, -0.15) is 5.10 Å². The second kappa shape index (κ2) is 7.59. The van der Waals surface area contributed by atoms with E-state index >= 15 is 0 Å². The Morgan fingerprint density at radius 2 is 2.00 bits per heavy atom. The van der Waals surface area contributed by atoms with Crippen molar-refractivity contribution in [3.8, 4) is 0 Å². The number of hydrogen-bond donors (Lipinski definition) is 1. The second-order valence-electron chi connectivity index (χ2n) is 5.75. The van der Waals surface area contributed by atoms with Gasteiger partial charge in [-0.1, -0.05) is 35.9 Å². The summed E-state index contributed by atoms with van der Waals surface area (Å²) >= 11 is 0. The van der Waals surface area contributed by atoms with Crippen molar-refractivity contribution >= 4 is 18.1 Å². The molecule has 6 heteroatoms. The van der Waals surface area contributed by atoms with E-state index in [2.05, 4.69) is 20.4 Å². The molecule has 0 aliphatic carbocycles. The second-order valence-corrected chi connectivity index (χ2v) is 5.75. The van der Waals surface area contributed by atoms with Crippen molar-refractivity contribution in [1.82, 2.24) is 15.3 Å². The predicted octanol–water partition coefficient (Wildman–Crippen LogP) is 2.26. The number of aromatic nitrogens is 1. The minimum Gasteiger partial charge on any atom is -0.353 e. The summed E-state index contributed by atoms with van der Waals surface area (Å²) in [4.78, 5) is 20.5. The maximum Gasteiger partial charge on any atom is 0.337 e. The topological polar surface area (TPSA) is 60.8 Å². The number of pyridine rings is 1. The van der Waals surface area contributed by atoms with E-state index < -0.39 is 0 Å². The summed E-state index contributed by atoms with van der Waals surface area (Å²) < 4.78 is 0. The quantitative estimate of drug-likeness (QED) is 0.696. The summed E-state index contributed by atoms with van der Waals surface area (Å²) in [6, 6.07) is 13.7. The molecule has 0 bridgehead atoms. The lowest BCUT2D eigenvalue weighted by Crippen LogP contribution is -2.51. The molecule has 1 aromatic carbocycles. The molecular formula is C18H21N5O. The molecule has 1 N–H and O–H groups in total. The Morgan fingerprint density at radius 3 is 2.71 bits per heavy atom. The number of hydrogen-bond acceptors (Lipinski definition) is 4. The van der Waals surface area contributed by atoms with Crippen LogP contribution in [0.2, 0.25) is 0 Å². The van der Waals surface area contributed by atoms with Crippen molar-refractivity contribution in [2.45, 2.75) is 6.92 Å². The van der Waals surface area contributed by atoms with Gasteiger partial charge in [0.1, 0.15) is 5.82 Å². The zero-order valence-electron chi connectivity index (χ0n) is 13.7. The molecule has 0 unspecified atom stereocenters.